The molecule has 1 amide bonds. The fourth-order valence-corrected chi connectivity index (χ4v) is 4.28. The molecule has 31 heavy (non-hydrogen) atoms. The van der Waals surface area contributed by atoms with Crippen LogP contribution in [0.15, 0.2) is 77.9 Å². The maximum absolute atomic E-state index is 12.8. The zero-order valence-corrected chi connectivity index (χ0v) is 17.0. The minimum absolute atomic E-state index is 0.0845. The van der Waals surface area contributed by atoms with Crippen molar-refractivity contribution in [2.45, 2.75) is 37.8 Å². The highest BCUT2D eigenvalue weighted by Crippen LogP contribution is 2.30. The molecule has 0 aliphatic carbocycles. The summed E-state index contributed by atoms with van der Waals surface area (Å²) in [6, 6.07) is 16.8. The van der Waals surface area contributed by atoms with Crippen LogP contribution in [-0.4, -0.2) is 45.3 Å². The minimum Gasteiger partial charge on any atom is -0.445 e. The van der Waals surface area contributed by atoms with E-state index in [1.165, 1.54) is 0 Å². The number of benzene rings is 2. The summed E-state index contributed by atoms with van der Waals surface area (Å²) in [5, 5.41) is 0.589. The predicted molar refractivity (Wildman–Crippen MR) is 116 cm³/mol. The van der Waals surface area contributed by atoms with E-state index in [2.05, 4.69) is 4.98 Å². The van der Waals surface area contributed by atoms with E-state index < -0.39 is 0 Å². The van der Waals surface area contributed by atoms with E-state index in [4.69, 9.17) is 9.47 Å². The van der Waals surface area contributed by atoms with Crippen LogP contribution in [0.4, 0.5) is 4.79 Å². The number of nitrogens with zero attached hydrogens (tertiary/aromatic N) is 3. The molecule has 2 aliphatic heterocycles. The second kappa shape index (κ2) is 8.35. The first kappa shape index (κ1) is 19.5. The Morgan fingerprint density at radius 3 is 2.81 bits per heavy atom. The normalized spacial score (nSPS) is 22.5. The van der Waals surface area contributed by atoms with Crippen molar-refractivity contribution < 1.29 is 14.3 Å². The first-order chi connectivity index (χ1) is 15.2. The van der Waals surface area contributed by atoms with Crippen molar-refractivity contribution in [1.29, 1.82) is 0 Å². The van der Waals surface area contributed by atoms with Crippen LogP contribution in [0.1, 0.15) is 12.0 Å². The molecule has 0 saturated carbocycles. The quantitative estimate of drug-likeness (QED) is 0.610. The van der Waals surface area contributed by atoms with Crippen molar-refractivity contribution in [2.75, 3.05) is 6.54 Å². The van der Waals surface area contributed by atoms with Gasteiger partial charge in [-0.1, -0.05) is 54.6 Å². The number of amides is 1. The van der Waals surface area contributed by atoms with Gasteiger partial charge in [-0.2, -0.15) is 0 Å². The molecule has 1 fully saturated rings. The summed E-state index contributed by atoms with van der Waals surface area (Å²) in [6.07, 6.45) is 5.38. The number of fused-ring (bicyclic) bond motifs is 2. The lowest BCUT2D eigenvalue weighted by molar-refractivity contribution is 0.0328. The molecule has 7 nitrogen and oxygen atoms in total. The minimum atomic E-state index is -0.350. The third-order valence-corrected chi connectivity index (χ3v) is 5.83. The molecule has 2 aromatic carbocycles. The Bertz CT molecular complexity index is 1170. The Hall–Kier alpha value is -3.45. The van der Waals surface area contributed by atoms with Gasteiger partial charge in [0.05, 0.1) is 42.0 Å². The summed E-state index contributed by atoms with van der Waals surface area (Å²) in [5.74, 6) is 0. The van der Waals surface area contributed by atoms with E-state index in [0.29, 0.717) is 30.4 Å². The van der Waals surface area contributed by atoms with Crippen molar-refractivity contribution in [3.63, 3.8) is 0 Å². The van der Waals surface area contributed by atoms with Gasteiger partial charge in [0.2, 0.25) is 0 Å². The van der Waals surface area contributed by atoms with E-state index in [9.17, 15) is 9.59 Å². The highest BCUT2D eigenvalue weighted by atomic mass is 16.6. The van der Waals surface area contributed by atoms with Gasteiger partial charge in [0, 0.05) is 6.54 Å². The van der Waals surface area contributed by atoms with E-state index in [1.54, 1.807) is 21.9 Å². The predicted octanol–water partition coefficient (Wildman–Crippen LogP) is 3.13. The zero-order valence-electron chi connectivity index (χ0n) is 17.0. The van der Waals surface area contributed by atoms with Crippen molar-refractivity contribution >= 4 is 17.0 Å². The van der Waals surface area contributed by atoms with Crippen molar-refractivity contribution in [1.82, 2.24) is 14.5 Å². The maximum atomic E-state index is 12.8. The van der Waals surface area contributed by atoms with Gasteiger partial charge in [-0.05, 0) is 24.1 Å². The Morgan fingerprint density at radius 2 is 1.94 bits per heavy atom. The highest BCUT2D eigenvalue weighted by molar-refractivity contribution is 5.76. The summed E-state index contributed by atoms with van der Waals surface area (Å²) >= 11 is 0. The summed E-state index contributed by atoms with van der Waals surface area (Å²) in [4.78, 5) is 31.6. The Labute approximate surface area is 179 Å². The first-order valence-corrected chi connectivity index (χ1v) is 10.4. The molecule has 3 heterocycles. The van der Waals surface area contributed by atoms with Crippen LogP contribution in [0.3, 0.4) is 0 Å². The number of carbonyl (C=O) groups excluding carboxylic acids is 1. The number of carbonyl (C=O) groups is 1. The highest BCUT2D eigenvalue weighted by Gasteiger charge is 2.41. The third-order valence-electron chi connectivity index (χ3n) is 5.83. The van der Waals surface area contributed by atoms with Crippen LogP contribution in [0.5, 0.6) is 0 Å². The number of hydrogen-bond acceptors (Lipinski definition) is 5. The van der Waals surface area contributed by atoms with Crippen LogP contribution in [0.25, 0.3) is 10.9 Å². The average molecular weight is 417 g/mol. The molecule has 1 saturated heterocycles. The van der Waals surface area contributed by atoms with Gasteiger partial charge >= 0.3 is 6.09 Å². The number of ether oxygens (including phenoxy) is 2. The fourth-order valence-electron chi connectivity index (χ4n) is 4.28. The number of hydrogen-bond donors (Lipinski definition) is 0. The molecule has 5 rings (SSSR count). The van der Waals surface area contributed by atoms with E-state index in [1.807, 2.05) is 60.7 Å². The van der Waals surface area contributed by atoms with Gasteiger partial charge in [-0.15, -0.1) is 0 Å². The Morgan fingerprint density at radius 1 is 1.13 bits per heavy atom. The van der Waals surface area contributed by atoms with Crippen LogP contribution >= 0.6 is 0 Å². The van der Waals surface area contributed by atoms with E-state index >= 15 is 0 Å². The third kappa shape index (κ3) is 3.96. The molecule has 1 aromatic heterocycles. The lowest BCUT2D eigenvalue weighted by atomic mass is 10.0. The smallest absolute Gasteiger partial charge is 0.410 e. The summed E-state index contributed by atoms with van der Waals surface area (Å²) in [5.41, 5.74) is 1.54. The van der Waals surface area contributed by atoms with Gasteiger partial charge in [0.1, 0.15) is 6.61 Å². The van der Waals surface area contributed by atoms with Gasteiger partial charge < -0.3 is 9.47 Å². The molecule has 0 radical (unpaired) electrons. The van der Waals surface area contributed by atoms with Crippen molar-refractivity contribution in [3.05, 3.63) is 89.0 Å². The zero-order chi connectivity index (χ0) is 21.2. The topological polar surface area (TPSA) is 73.7 Å². The molecular weight excluding hydrogens is 394 g/mol. The lowest BCUT2D eigenvalue weighted by Crippen LogP contribution is -2.46. The molecule has 0 spiro atoms. The number of aromatic nitrogens is 2. The Balaban J connectivity index is 1.27. The largest absolute Gasteiger partial charge is 0.445 e. The van der Waals surface area contributed by atoms with Crippen LogP contribution in [0.2, 0.25) is 0 Å². The molecule has 7 heteroatoms. The van der Waals surface area contributed by atoms with E-state index in [-0.39, 0.29) is 36.5 Å². The van der Waals surface area contributed by atoms with Gasteiger partial charge in [0.15, 0.2) is 0 Å². The fraction of sp³-hybridized carbons (Fsp3) is 0.292. The molecule has 0 N–H and O–H groups in total. The molecular formula is C24H23N3O4. The van der Waals surface area contributed by atoms with E-state index in [0.717, 1.165) is 5.56 Å². The monoisotopic (exact) mass is 417 g/mol. The SMILES string of the molecule is O=C(OCc1ccccc1)N1CC=C[C@H]2O[C@H](Cn3cnc4ccccc4c3=O)C[C@H]21. The second-order valence-corrected chi connectivity index (χ2v) is 7.87. The molecule has 3 aromatic rings. The summed E-state index contributed by atoms with van der Waals surface area (Å²) < 4.78 is 13.3. The lowest BCUT2D eigenvalue weighted by Gasteiger charge is -2.32. The molecule has 0 unspecified atom stereocenters. The maximum Gasteiger partial charge on any atom is 0.410 e. The number of para-hydroxylation sites is 1. The van der Waals surface area contributed by atoms with Crippen molar-refractivity contribution in [3.8, 4) is 0 Å². The Kier molecular flexibility index (Phi) is 5.26. The van der Waals surface area contributed by atoms with Crippen LogP contribution < -0.4 is 5.56 Å². The first-order valence-electron chi connectivity index (χ1n) is 10.4. The summed E-state index contributed by atoms with van der Waals surface area (Å²) in [6.45, 7) is 1.12. The second-order valence-electron chi connectivity index (χ2n) is 7.87. The average Bonchev–Trinajstić information content (AvgIpc) is 3.23. The standard InChI is InChI=1S/C24H23N3O4/c28-23-19-9-4-5-10-20(19)25-16-26(23)14-18-13-21-22(31-18)11-6-12-27(21)24(29)30-15-17-7-2-1-3-8-17/h1-11,16,18,21-22H,12-15H2/t18-,21+,22+/m0/s1. The summed E-state index contributed by atoms with van der Waals surface area (Å²) in [7, 11) is 0. The molecule has 3 atom stereocenters. The molecule has 0 bridgehead atoms. The molecule has 158 valence electrons. The van der Waals surface area contributed by atoms with Gasteiger partial charge in [0.25, 0.3) is 5.56 Å². The number of rotatable bonds is 4. The van der Waals surface area contributed by atoms with Crippen LogP contribution in [0, 0.1) is 0 Å². The van der Waals surface area contributed by atoms with Gasteiger partial charge in [-0.3, -0.25) is 14.3 Å². The van der Waals surface area contributed by atoms with Crippen LogP contribution in [-0.2, 0) is 22.6 Å². The van der Waals surface area contributed by atoms with Gasteiger partial charge in [-0.25, -0.2) is 9.78 Å². The molecule has 2 aliphatic rings. The van der Waals surface area contributed by atoms with Crippen molar-refractivity contribution in [2.24, 2.45) is 0 Å².